The molecule has 128 valence electrons. The highest BCUT2D eigenvalue weighted by molar-refractivity contribution is 7.19. The van der Waals surface area contributed by atoms with Crippen molar-refractivity contribution in [1.82, 2.24) is 4.98 Å². The second-order valence-electron chi connectivity index (χ2n) is 5.64. The summed E-state index contributed by atoms with van der Waals surface area (Å²) in [6.07, 6.45) is 2.78. The zero-order chi connectivity index (χ0) is 17.6. The molecule has 0 amide bonds. The normalized spacial score (nSPS) is 11.6. The van der Waals surface area contributed by atoms with Gasteiger partial charge < -0.3 is 9.84 Å². The van der Waals surface area contributed by atoms with E-state index in [2.05, 4.69) is 11.9 Å². The van der Waals surface area contributed by atoms with E-state index in [-0.39, 0.29) is 6.42 Å². The van der Waals surface area contributed by atoms with Crippen molar-refractivity contribution < 1.29 is 14.6 Å². The van der Waals surface area contributed by atoms with Crippen LogP contribution in [0.1, 0.15) is 30.3 Å². The Balaban J connectivity index is 1.91. The first-order valence-electron chi connectivity index (χ1n) is 8.17. The van der Waals surface area contributed by atoms with Gasteiger partial charge in [-0.25, -0.2) is 4.98 Å². The van der Waals surface area contributed by atoms with E-state index in [0.29, 0.717) is 12.2 Å². The number of para-hydroxylation sites is 1. The van der Waals surface area contributed by atoms with E-state index in [0.717, 1.165) is 33.0 Å². The van der Waals surface area contributed by atoms with Crippen molar-refractivity contribution in [2.75, 3.05) is 6.61 Å². The van der Waals surface area contributed by atoms with E-state index < -0.39 is 5.97 Å². The first kappa shape index (κ1) is 17.2. The van der Waals surface area contributed by atoms with Gasteiger partial charge in [-0.05, 0) is 47.9 Å². The summed E-state index contributed by atoms with van der Waals surface area (Å²) in [4.78, 5) is 15.9. The molecule has 0 aliphatic rings. The Kier molecular flexibility index (Phi) is 5.46. The maximum atomic E-state index is 11.3. The molecule has 0 bridgehead atoms. The quantitative estimate of drug-likeness (QED) is 0.642. The molecule has 0 saturated heterocycles. The van der Waals surface area contributed by atoms with E-state index in [1.54, 1.807) is 0 Å². The Morgan fingerprint density at radius 3 is 2.64 bits per heavy atom. The Morgan fingerprint density at radius 1 is 1.20 bits per heavy atom. The number of carboxylic acids is 1. The van der Waals surface area contributed by atoms with Gasteiger partial charge in [0.15, 0.2) is 0 Å². The molecule has 0 aliphatic carbocycles. The van der Waals surface area contributed by atoms with Crippen LogP contribution in [0.4, 0.5) is 0 Å². The van der Waals surface area contributed by atoms with Crippen LogP contribution < -0.4 is 4.74 Å². The molecule has 3 rings (SSSR count). The molecule has 5 heteroatoms. The number of benzene rings is 2. The van der Waals surface area contributed by atoms with Crippen molar-refractivity contribution >= 4 is 39.2 Å². The van der Waals surface area contributed by atoms with Gasteiger partial charge in [0.1, 0.15) is 10.8 Å². The van der Waals surface area contributed by atoms with Gasteiger partial charge in [0.25, 0.3) is 0 Å². The molecular weight excluding hydrogens is 334 g/mol. The molecule has 0 spiro atoms. The van der Waals surface area contributed by atoms with Crippen molar-refractivity contribution in [2.45, 2.75) is 19.8 Å². The lowest BCUT2D eigenvalue weighted by Gasteiger charge is -2.05. The number of rotatable bonds is 7. The number of carbonyl (C=O) groups is 1. The third-order valence-electron chi connectivity index (χ3n) is 3.60. The van der Waals surface area contributed by atoms with Crippen molar-refractivity contribution in [3.8, 4) is 5.75 Å². The van der Waals surface area contributed by atoms with Gasteiger partial charge in [-0.15, -0.1) is 11.3 Å². The van der Waals surface area contributed by atoms with Crippen LogP contribution in [0, 0.1) is 0 Å². The molecule has 2 aromatic carbocycles. The SMILES string of the molecule is CCCOc1ccc(/C=C(\CC(=O)O)c2nc3ccccc3s2)cc1. The number of hydrogen-bond acceptors (Lipinski definition) is 4. The standard InChI is InChI=1S/C20H19NO3S/c1-2-11-24-16-9-7-14(8-10-16)12-15(13-19(22)23)20-21-17-5-3-4-6-18(17)25-20/h3-10,12H,2,11,13H2,1H3,(H,22,23)/b15-12+. The summed E-state index contributed by atoms with van der Waals surface area (Å²) in [6, 6.07) is 15.5. The van der Waals surface area contributed by atoms with Crippen LogP contribution in [0.15, 0.2) is 48.5 Å². The largest absolute Gasteiger partial charge is 0.494 e. The number of fused-ring (bicyclic) bond motifs is 1. The molecule has 1 heterocycles. The Bertz CT molecular complexity index is 864. The summed E-state index contributed by atoms with van der Waals surface area (Å²) >= 11 is 1.51. The molecule has 0 radical (unpaired) electrons. The minimum absolute atomic E-state index is 0.0616. The average molecular weight is 353 g/mol. The molecule has 3 aromatic rings. The van der Waals surface area contributed by atoms with Crippen LogP contribution >= 0.6 is 11.3 Å². The number of thiazole rings is 1. The molecule has 1 aromatic heterocycles. The van der Waals surface area contributed by atoms with Gasteiger partial charge in [0.05, 0.1) is 23.2 Å². The molecule has 0 fully saturated rings. The molecule has 4 nitrogen and oxygen atoms in total. The molecular formula is C20H19NO3S. The van der Waals surface area contributed by atoms with Gasteiger partial charge in [-0.2, -0.15) is 0 Å². The highest BCUT2D eigenvalue weighted by Crippen LogP contribution is 2.30. The maximum Gasteiger partial charge on any atom is 0.307 e. The Labute approximate surface area is 150 Å². The van der Waals surface area contributed by atoms with E-state index in [4.69, 9.17) is 4.74 Å². The van der Waals surface area contributed by atoms with Crippen LogP contribution in [0.2, 0.25) is 0 Å². The summed E-state index contributed by atoms with van der Waals surface area (Å²) in [5, 5.41) is 10.0. The fourth-order valence-corrected chi connectivity index (χ4v) is 3.42. The third-order valence-corrected chi connectivity index (χ3v) is 4.72. The fraction of sp³-hybridized carbons (Fsp3) is 0.200. The van der Waals surface area contributed by atoms with E-state index >= 15 is 0 Å². The lowest BCUT2D eigenvalue weighted by molar-refractivity contribution is -0.135. The molecule has 25 heavy (non-hydrogen) atoms. The van der Waals surface area contributed by atoms with Crippen LogP contribution in [0.3, 0.4) is 0 Å². The predicted octanol–water partition coefficient (Wildman–Crippen LogP) is 5.10. The molecule has 0 unspecified atom stereocenters. The summed E-state index contributed by atoms with van der Waals surface area (Å²) in [5.41, 5.74) is 2.53. The first-order valence-corrected chi connectivity index (χ1v) is 8.98. The number of aliphatic carboxylic acids is 1. The summed E-state index contributed by atoms with van der Waals surface area (Å²) < 4.78 is 6.63. The topological polar surface area (TPSA) is 59.4 Å². The lowest BCUT2D eigenvalue weighted by Crippen LogP contribution is -1.97. The summed E-state index contributed by atoms with van der Waals surface area (Å²) in [5.74, 6) is -0.0489. The second kappa shape index (κ2) is 7.94. The minimum Gasteiger partial charge on any atom is -0.494 e. The van der Waals surface area contributed by atoms with Gasteiger partial charge in [-0.3, -0.25) is 4.79 Å². The van der Waals surface area contributed by atoms with Crippen LogP contribution in [0.5, 0.6) is 5.75 Å². The van der Waals surface area contributed by atoms with Crippen molar-refractivity contribution in [3.63, 3.8) is 0 Å². The monoisotopic (exact) mass is 353 g/mol. The number of nitrogens with zero attached hydrogens (tertiary/aromatic N) is 1. The minimum atomic E-state index is -0.867. The number of hydrogen-bond donors (Lipinski definition) is 1. The predicted molar refractivity (Wildman–Crippen MR) is 102 cm³/mol. The molecule has 0 aliphatic heterocycles. The van der Waals surface area contributed by atoms with E-state index in [9.17, 15) is 9.90 Å². The summed E-state index contributed by atoms with van der Waals surface area (Å²) in [6.45, 7) is 2.75. The van der Waals surface area contributed by atoms with Crippen LogP contribution in [-0.4, -0.2) is 22.7 Å². The summed E-state index contributed by atoms with van der Waals surface area (Å²) in [7, 11) is 0. The van der Waals surface area contributed by atoms with Crippen LogP contribution in [0.25, 0.3) is 21.9 Å². The van der Waals surface area contributed by atoms with E-state index in [1.165, 1.54) is 11.3 Å². The van der Waals surface area contributed by atoms with Gasteiger partial charge in [-0.1, -0.05) is 31.2 Å². The molecule has 0 atom stereocenters. The first-order chi connectivity index (χ1) is 12.2. The number of ether oxygens (including phenoxy) is 1. The molecule has 0 saturated carbocycles. The smallest absolute Gasteiger partial charge is 0.307 e. The van der Waals surface area contributed by atoms with Crippen molar-refractivity contribution in [2.24, 2.45) is 0 Å². The fourth-order valence-electron chi connectivity index (χ4n) is 2.44. The van der Waals surface area contributed by atoms with Crippen molar-refractivity contribution in [3.05, 3.63) is 59.1 Å². The zero-order valence-corrected chi connectivity index (χ0v) is 14.8. The van der Waals surface area contributed by atoms with Crippen molar-refractivity contribution in [1.29, 1.82) is 0 Å². The Morgan fingerprint density at radius 2 is 1.96 bits per heavy atom. The highest BCUT2D eigenvalue weighted by atomic mass is 32.1. The van der Waals surface area contributed by atoms with Crippen LogP contribution in [-0.2, 0) is 4.79 Å². The maximum absolute atomic E-state index is 11.3. The number of aromatic nitrogens is 1. The van der Waals surface area contributed by atoms with E-state index in [1.807, 2.05) is 54.6 Å². The Hall–Kier alpha value is -2.66. The van der Waals surface area contributed by atoms with Gasteiger partial charge in [0, 0.05) is 0 Å². The van der Waals surface area contributed by atoms with Gasteiger partial charge >= 0.3 is 5.97 Å². The lowest BCUT2D eigenvalue weighted by atomic mass is 10.1. The molecule has 1 N–H and O–H groups in total. The second-order valence-corrected chi connectivity index (χ2v) is 6.67. The highest BCUT2D eigenvalue weighted by Gasteiger charge is 2.12. The zero-order valence-electron chi connectivity index (χ0n) is 13.9. The number of carboxylic acid groups (broad SMARTS) is 1. The van der Waals surface area contributed by atoms with Gasteiger partial charge in [0.2, 0.25) is 0 Å². The average Bonchev–Trinajstić information content (AvgIpc) is 3.04. The third kappa shape index (κ3) is 4.45.